The normalized spacial score (nSPS) is 26.4. The minimum Gasteiger partial charge on any atom is -0.484 e. The molecule has 1 fully saturated rings. The Morgan fingerprint density at radius 3 is 2.65 bits per heavy atom. The van der Waals surface area contributed by atoms with Gasteiger partial charge in [-0.2, -0.15) is 0 Å². The molecule has 2 N–H and O–H groups in total. The van der Waals surface area contributed by atoms with Crippen molar-refractivity contribution in [3.8, 4) is 17.2 Å². The van der Waals surface area contributed by atoms with Gasteiger partial charge >= 0.3 is 5.97 Å². The van der Waals surface area contributed by atoms with Crippen LogP contribution in [0.2, 0.25) is 0 Å². The van der Waals surface area contributed by atoms with E-state index in [4.69, 9.17) is 23.7 Å². The van der Waals surface area contributed by atoms with Crippen molar-refractivity contribution >= 4 is 11.9 Å². The number of rotatable bonds is 13. The van der Waals surface area contributed by atoms with E-state index in [1.54, 1.807) is 30.3 Å². The largest absolute Gasteiger partial charge is 0.484 e. The van der Waals surface area contributed by atoms with E-state index in [2.05, 4.69) is 23.3 Å². The maximum Gasteiger partial charge on any atom is 0.343 e. The Bertz CT molecular complexity index is 1360. The summed E-state index contributed by atoms with van der Waals surface area (Å²) < 4.78 is 28.7. The van der Waals surface area contributed by atoms with Crippen LogP contribution in [-0.2, 0) is 26.1 Å². The number of benzene rings is 2. The number of carbonyl (C=O) groups excluding carboxylic acids is 2. The highest BCUT2D eigenvalue weighted by atomic mass is 16.6. The van der Waals surface area contributed by atoms with E-state index >= 15 is 0 Å². The van der Waals surface area contributed by atoms with Crippen molar-refractivity contribution in [3.63, 3.8) is 0 Å². The number of hydrogen-bond acceptors (Lipinski definition) is 9. The van der Waals surface area contributed by atoms with Crippen molar-refractivity contribution < 1.29 is 38.4 Å². The lowest BCUT2D eigenvalue weighted by Gasteiger charge is -2.56. The molecule has 10 heteroatoms. The van der Waals surface area contributed by atoms with Crippen molar-refractivity contribution in [2.75, 3.05) is 53.2 Å². The molecule has 5 atom stereocenters. The molecule has 1 saturated heterocycles. The van der Waals surface area contributed by atoms with Gasteiger partial charge in [-0.25, -0.2) is 4.79 Å². The molecular formula is C33H40N2O8. The van der Waals surface area contributed by atoms with E-state index in [1.165, 1.54) is 5.56 Å². The molecule has 0 saturated carbocycles. The van der Waals surface area contributed by atoms with Crippen LogP contribution in [0.5, 0.6) is 17.2 Å². The van der Waals surface area contributed by atoms with Crippen LogP contribution in [0, 0.1) is 5.92 Å². The smallest absolute Gasteiger partial charge is 0.343 e. The topological polar surface area (TPSA) is 116 Å². The molecule has 2 aliphatic carbocycles. The van der Waals surface area contributed by atoms with Crippen molar-refractivity contribution in [1.29, 1.82) is 0 Å². The second kappa shape index (κ2) is 12.7. The van der Waals surface area contributed by atoms with Crippen molar-refractivity contribution in [2.45, 2.75) is 49.9 Å². The molecule has 2 heterocycles. The first-order valence-electron chi connectivity index (χ1n) is 15.2. The van der Waals surface area contributed by atoms with Crippen LogP contribution < -0.4 is 19.5 Å². The summed E-state index contributed by atoms with van der Waals surface area (Å²) in [7, 11) is 2.16. The van der Waals surface area contributed by atoms with Gasteiger partial charge in [0.15, 0.2) is 18.1 Å². The van der Waals surface area contributed by atoms with Gasteiger partial charge in [-0.15, -0.1) is 0 Å². The number of esters is 1. The van der Waals surface area contributed by atoms with E-state index in [0.29, 0.717) is 61.8 Å². The predicted octanol–water partition coefficient (Wildman–Crippen LogP) is 2.65. The van der Waals surface area contributed by atoms with Crippen molar-refractivity contribution in [1.82, 2.24) is 10.2 Å². The molecule has 2 aromatic rings. The van der Waals surface area contributed by atoms with Gasteiger partial charge in [0.25, 0.3) is 5.91 Å². The first kappa shape index (κ1) is 29.6. The van der Waals surface area contributed by atoms with Gasteiger partial charge in [0.1, 0.15) is 18.0 Å². The monoisotopic (exact) mass is 592 g/mol. The molecule has 0 radical (unpaired) electrons. The summed E-state index contributed by atoms with van der Waals surface area (Å²) in [5, 5.41) is 13.7. The molecule has 1 amide bonds. The van der Waals surface area contributed by atoms with Gasteiger partial charge < -0.3 is 39.0 Å². The second-order valence-corrected chi connectivity index (χ2v) is 11.7. The predicted molar refractivity (Wildman–Crippen MR) is 158 cm³/mol. The number of nitrogens with zero attached hydrogens (tertiary/aromatic N) is 1. The maximum absolute atomic E-state index is 13.2. The molecule has 230 valence electrons. The lowest BCUT2D eigenvalue weighted by atomic mass is 9.53. The maximum atomic E-state index is 13.2. The van der Waals surface area contributed by atoms with Crippen LogP contribution in [0.15, 0.2) is 48.6 Å². The third kappa shape index (κ3) is 5.64. The number of nitrogens with one attached hydrogen (secondary N) is 1. The third-order valence-corrected chi connectivity index (χ3v) is 9.09. The molecule has 4 aliphatic rings. The summed E-state index contributed by atoms with van der Waals surface area (Å²) in [5.74, 6) is 0.845. The zero-order chi connectivity index (χ0) is 30.0. The molecular weight excluding hydrogens is 552 g/mol. The minimum absolute atomic E-state index is 0.152. The molecule has 0 aromatic heterocycles. The highest BCUT2D eigenvalue weighted by Crippen LogP contribution is 2.62. The molecule has 0 unspecified atom stereocenters. The summed E-state index contributed by atoms with van der Waals surface area (Å²) in [6.07, 6.45) is 5.62. The van der Waals surface area contributed by atoms with Crippen LogP contribution in [0.3, 0.4) is 0 Å². The Morgan fingerprint density at radius 1 is 1.07 bits per heavy atom. The molecule has 2 bridgehead atoms. The zero-order valence-corrected chi connectivity index (χ0v) is 24.8. The second-order valence-electron chi connectivity index (χ2n) is 11.7. The van der Waals surface area contributed by atoms with E-state index < -0.39 is 18.2 Å². The number of carbonyl (C=O) groups is 2. The molecule has 2 aliphatic heterocycles. The Hall–Kier alpha value is -3.44. The van der Waals surface area contributed by atoms with Crippen molar-refractivity contribution in [2.24, 2.45) is 5.92 Å². The number of aliphatic hydroxyl groups excluding tert-OH is 1. The van der Waals surface area contributed by atoms with Gasteiger partial charge in [-0.3, -0.25) is 4.79 Å². The first-order chi connectivity index (χ1) is 20.9. The summed E-state index contributed by atoms with van der Waals surface area (Å²) in [4.78, 5) is 27.7. The van der Waals surface area contributed by atoms with Gasteiger partial charge in [0.05, 0.1) is 25.4 Å². The van der Waals surface area contributed by atoms with Crippen LogP contribution >= 0.6 is 0 Å². The van der Waals surface area contributed by atoms with Gasteiger partial charge in [0.2, 0.25) is 0 Å². The molecule has 10 nitrogen and oxygen atoms in total. The number of amides is 1. The fourth-order valence-electron chi connectivity index (χ4n) is 7.08. The summed E-state index contributed by atoms with van der Waals surface area (Å²) in [6.45, 7) is 5.34. The van der Waals surface area contributed by atoms with E-state index in [-0.39, 0.29) is 23.8 Å². The zero-order valence-electron chi connectivity index (χ0n) is 24.8. The van der Waals surface area contributed by atoms with Crippen molar-refractivity contribution in [3.05, 3.63) is 65.2 Å². The van der Waals surface area contributed by atoms with E-state index in [1.807, 2.05) is 19.1 Å². The van der Waals surface area contributed by atoms with Gasteiger partial charge in [-0.05, 0) is 68.8 Å². The summed E-state index contributed by atoms with van der Waals surface area (Å²) in [6, 6.07) is 10.7. The fraction of sp³-hybridized carbons (Fsp3) is 0.515. The van der Waals surface area contributed by atoms with Gasteiger partial charge in [-0.1, -0.05) is 25.1 Å². The third-order valence-electron chi connectivity index (χ3n) is 9.09. The van der Waals surface area contributed by atoms with E-state index in [0.717, 1.165) is 31.4 Å². The lowest BCUT2D eigenvalue weighted by Crippen LogP contribution is -2.64. The number of hydrogen-bond donors (Lipinski definition) is 2. The van der Waals surface area contributed by atoms with Crippen LogP contribution in [-0.4, -0.2) is 93.3 Å². The average molecular weight is 593 g/mol. The quantitative estimate of drug-likeness (QED) is 0.157. The average Bonchev–Trinajstić information content (AvgIpc) is 3.37. The van der Waals surface area contributed by atoms with Crippen LogP contribution in [0.25, 0.3) is 0 Å². The lowest BCUT2D eigenvalue weighted by molar-refractivity contribution is -0.123. The first-order valence-corrected chi connectivity index (χ1v) is 15.2. The fourth-order valence-corrected chi connectivity index (χ4v) is 7.08. The van der Waals surface area contributed by atoms with Crippen LogP contribution in [0.4, 0.5) is 0 Å². The number of aliphatic hydroxyl groups is 1. The number of likely N-dealkylation sites (tertiary alicyclic amines) is 1. The van der Waals surface area contributed by atoms with Gasteiger partial charge in [0, 0.05) is 36.1 Å². The molecule has 1 spiro atoms. The number of likely N-dealkylation sites (N-methyl/N-ethyl adjacent to an activating group) is 1. The highest BCUT2D eigenvalue weighted by molar-refractivity contribution is 5.91. The standard InChI is InChI=1S/C33H40N2O8/c1-3-15-39-17-18-40-16-13-34-28(37)20-41-23-7-4-21(5-8-23)32(38)42-27-11-6-22-19-25-24-9-10-26(36)31-33(24,12-14-35(25)2)29(22)30(27)43-31/h4-11,24-26,31,36H,3,12-20H2,1-2H3,(H,34,37)/t24-,25+,26-,31-,33-/m0/s1. The van der Waals surface area contributed by atoms with Crippen LogP contribution in [0.1, 0.15) is 41.3 Å². The molecule has 2 aromatic carbocycles. The number of ether oxygens (including phenoxy) is 5. The highest BCUT2D eigenvalue weighted by Gasteiger charge is 2.64. The molecule has 6 rings (SSSR count). The Morgan fingerprint density at radius 2 is 1.86 bits per heavy atom. The molecule has 43 heavy (non-hydrogen) atoms. The number of piperidine rings is 1. The summed E-state index contributed by atoms with van der Waals surface area (Å²) in [5.41, 5.74) is 2.31. The SMILES string of the molecule is CCCOCCOCCNC(=O)COc1ccc(C(=O)Oc2ccc3c4c2O[C@H]2[C@@H](O)C=C[C@H]5[C@@H](C3)N(C)CC[C@@]452)cc1. The van der Waals surface area contributed by atoms with E-state index in [9.17, 15) is 14.7 Å². The Kier molecular flexibility index (Phi) is 8.72. The minimum atomic E-state index is -0.722. The Balaban J connectivity index is 1.05. The Labute approximate surface area is 251 Å². The summed E-state index contributed by atoms with van der Waals surface area (Å²) >= 11 is 0.